The first-order valence-electron chi connectivity index (χ1n) is 7.74. The first kappa shape index (κ1) is 16.4. The molecule has 6 nitrogen and oxygen atoms in total. The maximum absolute atomic E-state index is 12.3. The SMILES string of the molecule is CN(C)c1ccc(C(=O)Nc2ccc(Oc3cccnc3)nc2)cc1. The van der Waals surface area contributed by atoms with Crippen molar-refractivity contribution in [2.24, 2.45) is 0 Å². The molecule has 0 radical (unpaired) electrons. The van der Waals surface area contributed by atoms with E-state index in [1.165, 1.54) is 0 Å². The predicted octanol–water partition coefficient (Wildman–Crippen LogP) is 3.59. The van der Waals surface area contributed by atoms with Gasteiger partial charge in [-0.3, -0.25) is 9.78 Å². The molecule has 3 aromatic rings. The van der Waals surface area contributed by atoms with Crippen molar-refractivity contribution in [1.29, 1.82) is 0 Å². The molecule has 0 unspecified atom stereocenters. The number of carbonyl (C=O) groups is 1. The second-order valence-electron chi connectivity index (χ2n) is 5.57. The van der Waals surface area contributed by atoms with Crippen molar-refractivity contribution in [3.8, 4) is 11.6 Å². The van der Waals surface area contributed by atoms with Crippen molar-refractivity contribution in [2.75, 3.05) is 24.3 Å². The highest BCUT2D eigenvalue weighted by Crippen LogP contribution is 2.19. The summed E-state index contributed by atoms with van der Waals surface area (Å²) in [7, 11) is 3.91. The molecular weight excluding hydrogens is 316 g/mol. The number of ether oxygens (including phenoxy) is 1. The molecule has 0 aliphatic rings. The monoisotopic (exact) mass is 334 g/mol. The van der Waals surface area contributed by atoms with Crippen molar-refractivity contribution in [3.63, 3.8) is 0 Å². The molecule has 0 aliphatic heterocycles. The van der Waals surface area contributed by atoms with Crippen LogP contribution >= 0.6 is 0 Å². The second kappa shape index (κ2) is 7.44. The summed E-state index contributed by atoms with van der Waals surface area (Å²) in [5.74, 6) is 0.849. The number of rotatable bonds is 5. The summed E-state index contributed by atoms with van der Waals surface area (Å²) in [6.07, 6.45) is 4.83. The van der Waals surface area contributed by atoms with Crippen LogP contribution in [-0.2, 0) is 0 Å². The van der Waals surface area contributed by atoms with E-state index in [4.69, 9.17) is 4.74 Å². The van der Waals surface area contributed by atoms with E-state index in [9.17, 15) is 4.79 Å². The molecule has 6 heteroatoms. The quantitative estimate of drug-likeness (QED) is 0.772. The molecule has 0 saturated carbocycles. The fraction of sp³-hybridized carbons (Fsp3) is 0.105. The zero-order valence-electron chi connectivity index (χ0n) is 14.0. The van der Waals surface area contributed by atoms with Gasteiger partial charge in [0.2, 0.25) is 5.88 Å². The van der Waals surface area contributed by atoms with Crippen molar-refractivity contribution in [2.45, 2.75) is 0 Å². The fourth-order valence-corrected chi connectivity index (χ4v) is 2.16. The van der Waals surface area contributed by atoms with Crippen LogP contribution in [0.2, 0.25) is 0 Å². The minimum atomic E-state index is -0.187. The molecule has 25 heavy (non-hydrogen) atoms. The third-order valence-electron chi connectivity index (χ3n) is 3.50. The lowest BCUT2D eigenvalue weighted by molar-refractivity contribution is 0.102. The lowest BCUT2D eigenvalue weighted by Crippen LogP contribution is -2.13. The second-order valence-corrected chi connectivity index (χ2v) is 5.57. The molecule has 0 atom stereocenters. The number of aromatic nitrogens is 2. The van der Waals surface area contributed by atoms with Gasteiger partial charge in [-0.15, -0.1) is 0 Å². The zero-order chi connectivity index (χ0) is 17.6. The number of nitrogens with one attached hydrogen (secondary N) is 1. The van der Waals surface area contributed by atoms with Crippen LogP contribution in [0.1, 0.15) is 10.4 Å². The van der Waals surface area contributed by atoms with Gasteiger partial charge in [-0.05, 0) is 42.5 Å². The van der Waals surface area contributed by atoms with Gasteiger partial charge in [0.25, 0.3) is 5.91 Å². The smallest absolute Gasteiger partial charge is 0.255 e. The Balaban J connectivity index is 1.63. The Hall–Kier alpha value is -3.41. The number of nitrogens with zero attached hydrogens (tertiary/aromatic N) is 3. The predicted molar refractivity (Wildman–Crippen MR) is 97.3 cm³/mol. The number of anilines is 2. The van der Waals surface area contributed by atoms with E-state index in [-0.39, 0.29) is 5.91 Å². The lowest BCUT2D eigenvalue weighted by atomic mass is 10.2. The van der Waals surface area contributed by atoms with E-state index in [0.717, 1.165) is 5.69 Å². The van der Waals surface area contributed by atoms with Crippen LogP contribution in [0.3, 0.4) is 0 Å². The number of pyridine rings is 2. The molecule has 2 heterocycles. The van der Waals surface area contributed by atoms with E-state index < -0.39 is 0 Å². The van der Waals surface area contributed by atoms with Gasteiger partial charge in [-0.1, -0.05) is 0 Å². The van der Waals surface area contributed by atoms with Crippen LogP contribution in [0.5, 0.6) is 11.6 Å². The largest absolute Gasteiger partial charge is 0.437 e. The molecule has 1 aromatic carbocycles. The number of amides is 1. The average molecular weight is 334 g/mol. The highest BCUT2D eigenvalue weighted by Gasteiger charge is 2.07. The fourth-order valence-electron chi connectivity index (χ4n) is 2.16. The molecule has 0 bridgehead atoms. The summed E-state index contributed by atoms with van der Waals surface area (Å²) >= 11 is 0. The van der Waals surface area contributed by atoms with Crippen LogP contribution in [-0.4, -0.2) is 30.0 Å². The lowest BCUT2D eigenvalue weighted by Gasteiger charge is -2.12. The first-order chi connectivity index (χ1) is 12.1. The van der Waals surface area contributed by atoms with E-state index >= 15 is 0 Å². The van der Waals surface area contributed by atoms with Crippen molar-refractivity contribution >= 4 is 17.3 Å². The normalized spacial score (nSPS) is 10.2. The summed E-state index contributed by atoms with van der Waals surface area (Å²) in [5, 5.41) is 2.82. The van der Waals surface area contributed by atoms with Gasteiger partial charge >= 0.3 is 0 Å². The van der Waals surface area contributed by atoms with Crippen molar-refractivity contribution < 1.29 is 9.53 Å². The molecule has 126 valence electrons. The molecular formula is C19H18N4O2. The van der Waals surface area contributed by atoms with E-state index in [0.29, 0.717) is 22.9 Å². The summed E-state index contributed by atoms with van der Waals surface area (Å²) in [6, 6.07) is 14.4. The van der Waals surface area contributed by atoms with Gasteiger partial charge in [0, 0.05) is 37.6 Å². The van der Waals surface area contributed by atoms with Crippen molar-refractivity contribution in [1.82, 2.24) is 9.97 Å². The Morgan fingerprint density at radius 3 is 2.44 bits per heavy atom. The van der Waals surface area contributed by atoms with Crippen LogP contribution in [0.15, 0.2) is 67.1 Å². The highest BCUT2D eigenvalue weighted by molar-refractivity contribution is 6.04. The van der Waals surface area contributed by atoms with Crippen molar-refractivity contribution in [3.05, 3.63) is 72.7 Å². The van der Waals surface area contributed by atoms with Crippen LogP contribution in [0.25, 0.3) is 0 Å². The third kappa shape index (κ3) is 4.32. The van der Waals surface area contributed by atoms with Crippen LogP contribution in [0.4, 0.5) is 11.4 Å². The Kier molecular flexibility index (Phi) is 4.89. The molecule has 0 spiro atoms. The van der Waals surface area contributed by atoms with Gasteiger partial charge < -0.3 is 15.0 Å². The molecule has 0 fully saturated rings. The minimum absolute atomic E-state index is 0.187. The Bertz CT molecular complexity index is 832. The Morgan fingerprint density at radius 2 is 1.84 bits per heavy atom. The van der Waals surface area contributed by atoms with E-state index in [1.54, 1.807) is 55.0 Å². The summed E-state index contributed by atoms with van der Waals surface area (Å²) in [4.78, 5) is 22.4. The zero-order valence-corrected chi connectivity index (χ0v) is 14.0. The highest BCUT2D eigenvalue weighted by atomic mass is 16.5. The van der Waals surface area contributed by atoms with Gasteiger partial charge in [0.15, 0.2) is 0 Å². The third-order valence-corrected chi connectivity index (χ3v) is 3.50. The van der Waals surface area contributed by atoms with E-state index in [1.807, 2.05) is 31.1 Å². The molecule has 1 N–H and O–H groups in total. The molecule has 3 rings (SSSR count). The number of carbonyl (C=O) groups excluding carboxylic acids is 1. The van der Waals surface area contributed by atoms with Crippen LogP contribution in [0, 0.1) is 0 Å². The van der Waals surface area contributed by atoms with Crippen LogP contribution < -0.4 is 15.0 Å². The van der Waals surface area contributed by atoms with Gasteiger partial charge in [0.1, 0.15) is 5.75 Å². The summed E-state index contributed by atoms with van der Waals surface area (Å²) in [5.41, 5.74) is 2.22. The van der Waals surface area contributed by atoms with E-state index in [2.05, 4.69) is 15.3 Å². The minimum Gasteiger partial charge on any atom is -0.437 e. The van der Waals surface area contributed by atoms with Gasteiger partial charge in [-0.2, -0.15) is 0 Å². The standard InChI is InChI=1S/C19H18N4O2/c1-23(2)16-8-5-14(6-9-16)19(24)22-15-7-10-18(21-12-15)25-17-4-3-11-20-13-17/h3-13H,1-2H3,(H,22,24). The summed E-state index contributed by atoms with van der Waals surface area (Å²) < 4.78 is 5.57. The van der Waals surface area contributed by atoms with Gasteiger partial charge in [-0.25, -0.2) is 4.98 Å². The topological polar surface area (TPSA) is 67.4 Å². The number of hydrogen-bond donors (Lipinski definition) is 1. The maximum Gasteiger partial charge on any atom is 0.255 e. The maximum atomic E-state index is 12.3. The Morgan fingerprint density at radius 1 is 1.04 bits per heavy atom. The molecule has 0 saturated heterocycles. The molecule has 2 aromatic heterocycles. The Labute approximate surface area is 146 Å². The molecule has 0 aliphatic carbocycles. The first-order valence-corrected chi connectivity index (χ1v) is 7.74. The summed E-state index contributed by atoms with van der Waals surface area (Å²) in [6.45, 7) is 0. The number of hydrogen-bond acceptors (Lipinski definition) is 5. The number of benzene rings is 1. The van der Waals surface area contributed by atoms with Gasteiger partial charge in [0.05, 0.1) is 18.1 Å². The average Bonchev–Trinajstić information content (AvgIpc) is 2.64. The molecule has 1 amide bonds.